The number of carbonyl (C=O) groups is 2. The first kappa shape index (κ1) is 16.7. The highest BCUT2D eigenvalue weighted by Gasteiger charge is 2.16. The zero-order chi connectivity index (χ0) is 14.1. The van der Waals surface area contributed by atoms with Crippen molar-refractivity contribution in [3.63, 3.8) is 0 Å². The lowest BCUT2D eigenvalue weighted by Gasteiger charge is -2.24. The average molecular weight is 260 g/mol. The third-order valence-electron chi connectivity index (χ3n) is 2.88. The van der Waals surface area contributed by atoms with Gasteiger partial charge in [-0.1, -0.05) is 20.3 Å². The van der Waals surface area contributed by atoms with Crippen LogP contribution in [-0.4, -0.2) is 52.9 Å². The van der Waals surface area contributed by atoms with Crippen LogP contribution in [0.1, 0.15) is 33.6 Å². The van der Waals surface area contributed by atoms with E-state index in [1.165, 1.54) is 0 Å². The van der Waals surface area contributed by atoms with Crippen LogP contribution in [0, 0.1) is 5.92 Å². The van der Waals surface area contributed by atoms with E-state index in [0.717, 1.165) is 6.42 Å². The van der Waals surface area contributed by atoms with Crippen LogP contribution in [0.4, 0.5) is 4.79 Å². The number of nitrogens with zero attached hydrogens (tertiary/aromatic N) is 1. The first-order chi connectivity index (χ1) is 8.42. The standard InChI is InChI=1S/C12H24N2O4/c1-4-9(3)8-14(5-2)12(18)13-7-6-10(15)11(16)17/h9-10,15H,4-8H2,1-3H3,(H,13,18)(H,16,17)/t9?,10-/m0/s1. The predicted molar refractivity (Wildman–Crippen MR) is 68.4 cm³/mol. The van der Waals surface area contributed by atoms with Crippen LogP contribution in [0.25, 0.3) is 0 Å². The Morgan fingerprint density at radius 2 is 1.94 bits per heavy atom. The van der Waals surface area contributed by atoms with Gasteiger partial charge in [-0.05, 0) is 12.8 Å². The average Bonchev–Trinajstić information content (AvgIpc) is 2.34. The molecule has 0 aliphatic carbocycles. The number of hydrogen-bond acceptors (Lipinski definition) is 3. The second-order valence-electron chi connectivity index (χ2n) is 4.43. The highest BCUT2D eigenvalue weighted by Crippen LogP contribution is 2.04. The molecule has 0 fully saturated rings. The first-order valence-corrected chi connectivity index (χ1v) is 6.35. The van der Waals surface area contributed by atoms with Crippen LogP contribution < -0.4 is 5.32 Å². The number of carbonyl (C=O) groups excluding carboxylic acids is 1. The van der Waals surface area contributed by atoms with Crippen LogP contribution >= 0.6 is 0 Å². The van der Waals surface area contributed by atoms with E-state index in [4.69, 9.17) is 10.2 Å². The van der Waals surface area contributed by atoms with Crippen LogP contribution in [0.2, 0.25) is 0 Å². The number of hydrogen-bond donors (Lipinski definition) is 3. The second kappa shape index (κ2) is 8.74. The van der Waals surface area contributed by atoms with Gasteiger partial charge in [-0.15, -0.1) is 0 Å². The molecule has 0 spiro atoms. The van der Waals surface area contributed by atoms with Gasteiger partial charge in [-0.3, -0.25) is 0 Å². The molecule has 18 heavy (non-hydrogen) atoms. The summed E-state index contributed by atoms with van der Waals surface area (Å²) in [6.45, 7) is 7.49. The van der Waals surface area contributed by atoms with Gasteiger partial charge in [0.25, 0.3) is 0 Å². The number of aliphatic carboxylic acids is 1. The zero-order valence-electron chi connectivity index (χ0n) is 11.3. The summed E-state index contributed by atoms with van der Waals surface area (Å²) >= 11 is 0. The van der Waals surface area contributed by atoms with E-state index in [1.807, 2.05) is 6.92 Å². The minimum Gasteiger partial charge on any atom is -0.479 e. The number of rotatable bonds is 8. The van der Waals surface area contributed by atoms with Crippen molar-refractivity contribution in [1.29, 1.82) is 0 Å². The highest BCUT2D eigenvalue weighted by atomic mass is 16.4. The molecule has 2 atom stereocenters. The summed E-state index contributed by atoms with van der Waals surface area (Å²) in [6, 6.07) is -0.213. The number of amides is 2. The Labute approximate surface area is 108 Å². The number of carboxylic acids is 1. The fourth-order valence-electron chi connectivity index (χ4n) is 1.41. The predicted octanol–water partition coefficient (Wildman–Crippen LogP) is 0.900. The molecule has 0 bridgehead atoms. The molecule has 6 heteroatoms. The Morgan fingerprint density at radius 1 is 1.33 bits per heavy atom. The van der Waals surface area contributed by atoms with E-state index < -0.39 is 12.1 Å². The number of nitrogens with one attached hydrogen (secondary N) is 1. The molecule has 0 radical (unpaired) electrons. The molecular weight excluding hydrogens is 236 g/mol. The summed E-state index contributed by atoms with van der Waals surface area (Å²) in [5.74, 6) is -0.837. The molecule has 3 N–H and O–H groups in total. The van der Waals surface area contributed by atoms with E-state index in [1.54, 1.807) is 4.90 Å². The van der Waals surface area contributed by atoms with Crippen molar-refractivity contribution in [3.05, 3.63) is 0 Å². The maximum atomic E-state index is 11.8. The molecule has 0 heterocycles. The number of aliphatic hydroxyl groups is 1. The summed E-state index contributed by atoms with van der Waals surface area (Å²) in [5.41, 5.74) is 0. The molecule has 1 unspecified atom stereocenters. The van der Waals surface area contributed by atoms with Gasteiger partial charge in [-0.2, -0.15) is 0 Å². The van der Waals surface area contributed by atoms with Gasteiger partial charge >= 0.3 is 12.0 Å². The fourth-order valence-corrected chi connectivity index (χ4v) is 1.41. The van der Waals surface area contributed by atoms with Gasteiger partial charge < -0.3 is 20.4 Å². The molecule has 0 aromatic carbocycles. The van der Waals surface area contributed by atoms with Crippen LogP contribution in [0.15, 0.2) is 0 Å². The van der Waals surface area contributed by atoms with Crippen molar-refractivity contribution in [2.75, 3.05) is 19.6 Å². The normalized spacial score (nSPS) is 13.8. The van der Waals surface area contributed by atoms with Crippen molar-refractivity contribution in [2.24, 2.45) is 5.92 Å². The quantitative estimate of drug-likeness (QED) is 0.605. The molecule has 0 aliphatic heterocycles. The van der Waals surface area contributed by atoms with E-state index in [0.29, 0.717) is 19.0 Å². The van der Waals surface area contributed by atoms with E-state index in [9.17, 15) is 9.59 Å². The summed E-state index contributed by atoms with van der Waals surface area (Å²) in [4.78, 5) is 23.8. The van der Waals surface area contributed by atoms with Crippen molar-refractivity contribution >= 4 is 12.0 Å². The van der Waals surface area contributed by atoms with Gasteiger partial charge in [0.1, 0.15) is 0 Å². The second-order valence-corrected chi connectivity index (χ2v) is 4.43. The first-order valence-electron chi connectivity index (χ1n) is 6.35. The number of carboxylic acid groups (broad SMARTS) is 1. The van der Waals surface area contributed by atoms with Gasteiger partial charge in [0, 0.05) is 26.1 Å². The molecule has 0 saturated carbocycles. The fraction of sp³-hybridized carbons (Fsp3) is 0.833. The topological polar surface area (TPSA) is 89.9 Å². The molecule has 0 saturated heterocycles. The van der Waals surface area contributed by atoms with Crippen molar-refractivity contribution in [1.82, 2.24) is 10.2 Å². The van der Waals surface area contributed by atoms with Gasteiger partial charge in [-0.25, -0.2) is 9.59 Å². The maximum absolute atomic E-state index is 11.8. The van der Waals surface area contributed by atoms with Gasteiger partial charge in [0.2, 0.25) is 0 Å². The molecular formula is C12H24N2O4. The minimum atomic E-state index is -1.42. The molecule has 0 aliphatic rings. The van der Waals surface area contributed by atoms with Crippen LogP contribution in [-0.2, 0) is 4.79 Å². The Bertz CT molecular complexity index is 271. The van der Waals surface area contributed by atoms with Gasteiger partial charge in [0.05, 0.1) is 0 Å². The third kappa shape index (κ3) is 6.44. The van der Waals surface area contributed by atoms with E-state index >= 15 is 0 Å². The third-order valence-corrected chi connectivity index (χ3v) is 2.88. The molecule has 0 rings (SSSR count). The number of urea groups is 1. The minimum absolute atomic E-state index is 0.0158. The van der Waals surface area contributed by atoms with E-state index in [2.05, 4.69) is 19.2 Å². The Balaban J connectivity index is 4.01. The molecule has 0 aromatic rings. The lowest BCUT2D eigenvalue weighted by atomic mass is 10.1. The Morgan fingerprint density at radius 3 is 2.39 bits per heavy atom. The smallest absolute Gasteiger partial charge is 0.332 e. The van der Waals surface area contributed by atoms with Gasteiger partial charge in [0.15, 0.2) is 6.10 Å². The summed E-state index contributed by atoms with van der Waals surface area (Å²) < 4.78 is 0. The Hall–Kier alpha value is -1.30. The molecule has 0 aromatic heterocycles. The molecule has 6 nitrogen and oxygen atoms in total. The van der Waals surface area contributed by atoms with Crippen molar-refractivity contribution in [2.45, 2.75) is 39.7 Å². The van der Waals surface area contributed by atoms with Crippen molar-refractivity contribution < 1.29 is 19.8 Å². The lowest BCUT2D eigenvalue weighted by molar-refractivity contribution is -0.146. The highest BCUT2D eigenvalue weighted by molar-refractivity contribution is 5.74. The monoisotopic (exact) mass is 260 g/mol. The van der Waals surface area contributed by atoms with Crippen molar-refractivity contribution in [3.8, 4) is 0 Å². The summed E-state index contributed by atoms with van der Waals surface area (Å²) in [7, 11) is 0. The summed E-state index contributed by atoms with van der Waals surface area (Å²) in [6.07, 6.45) is -0.404. The zero-order valence-corrected chi connectivity index (χ0v) is 11.3. The maximum Gasteiger partial charge on any atom is 0.332 e. The van der Waals surface area contributed by atoms with Crippen LogP contribution in [0.5, 0.6) is 0 Å². The molecule has 106 valence electrons. The number of aliphatic hydroxyl groups excluding tert-OH is 1. The van der Waals surface area contributed by atoms with E-state index in [-0.39, 0.29) is 19.0 Å². The molecule has 2 amide bonds. The SMILES string of the molecule is CCC(C)CN(CC)C(=O)NCC[C@H](O)C(=O)O. The lowest BCUT2D eigenvalue weighted by Crippen LogP contribution is -2.43. The van der Waals surface area contributed by atoms with Crippen LogP contribution in [0.3, 0.4) is 0 Å². The Kier molecular flexibility index (Phi) is 8.11. The summed E-state index contributed by atoms with van der Waals surface area (Å²) in [5, 5.41) is 20.1. The largest absolute Gasteiger partial charge is 0.479 e.